The third kappa shape index (κ3) is 3.56. The molecule has 0 spiro atoms. The van der Waals surface area contributed by atoms with Crippen LogP contribution in [0.25, 0.3) is 5.69 Å². The topological polar surface area (TPSA) is 81.9 Å². The summed E-state index contributed by atoms with van der Waals surface area (Å²) in [6, 6.07) is 17.6. The highest BCUT2D eigenvalue weighted by Crippen LogP contribution is 2.47. The molecule has 132 valence electrons. The van der Waals surface area contributed by atoms with Gasteiger partial charge in [-0.15, -0.1) is 5.10 Å². The maximum Gasteiger partial charge on any atom is 0.257 e. The number of ether oxygens (including phenoxy) is 1. The van der Waals surface area contributed by atoms with Crippen molar-refractivity contribution in [2.24, 2.45) is 0 Å². The first kappa shape index (κ1) is 16.3. The highest BCUT2D eigenvalue weighted by molar-refractivity contribution is 5.77. The fourth-order valence-corrected chi connectivity index (χ4v) is 2.95. The molecule has 26 heavy (non-hydrogen) atoms. The van der Waals surface area contributed by atoms with Crippen LogP contribution < -0.4 is 10.1 Å². The molecule has 0 radical (unpaired) electrons. The highest BCUT2D eigenvalue weighted by Gasteiger charge is 2.44. The number of hydrogen-bond donors (Lipinski definition) is 1. The maximum atomic E-state index is 12.1. The van der Waals surface area contributed by atoms with Crippen LogP contribution in [0.2, 0.25) is 0 Å². The minimum atomic E-state index is -0.114. The Morgan fingerprint density at radius 3 is 2.54 bits per heavy atom. The SMILES string of the molecule is O=C(COc1ccc(-n2cnnn2)cc1)NCC1(c2ccccc2)CC1. The Labute approximate surface area is 151 Å². The molecule has 1 heterocycles. The Morgan fingerprint density at radius 2 is 1.88 bits per heavy atom. The number of aromatic nitrogens is 4. The van der Waals surface area contributed by atoms with Crippen molar-refractivity contribution in [1.82, 2.24) is 25.5 Å². The van der Waals surface area contributed by atoms with Crippen LogP contribution in [0.5, 0.6) is 5.75 Å². The molecule has 0 bridgehead atoms. The Bertz CT molecular complexity index is 859. The van der Waals surface area contributed by atoms with Gasteiger partial charge in [0.25, 0.3) is 5.91 Å². The number of nitrogens with zero attached hydrogens (tertiary/aromatic N) is 4. The first-order chi connectivity index (χ1) is 12.8. The molecular formula is C19H19N5O2. The normalized spacial score (nSPS) is 14.6. The van der Waals surface area contributed by atoms with E-state index in [1.165, 1.54) is 11.9 Å². The minimum absolute atomic E-state index is 0.00486. The number of hydrogen-bond acceptors (Lipinski definition) is 5. The predicted octanol–water partition coefficient (Wildman–Crippen LogP) is 1.89. The summed E-state index contributed by atoms with van der Waals surface area (Å²) in [5.74, 6) is 0.512. The number of tetrazole rings is 1. The van der Waals surface area contributed by atoms with E-state index in [1.54, 1.807) is 16.8 Å². The van der Waals surface area contributed by atoms with Crippen LogP contribution in [0.1, 0.15) is 18.4 Å². The van der Waals surface area contributed by atoms with Gasteiger partial charge < -0.3 is 10.1 Å². The molecule has 1 N–H and O–H groups in total. The van der Waals surface area contributed by atoms with Crippen molar-refractivity contribution in [2.75, 3.05) is 13.2 Å². The summed E-state index contributed by atoms with van der Waals surface area (Å²) in [6.07, 6.45) is 3.73. The van der Waals surface area contributed by atoms with E-state index in [2.05, 4.69) is 33.0 Å². The van der Waals surface area contributed by atoms with Crippen LogP contribution in [0.4, 0.5) is 0 Å². The average molecular weight is 349 g/mol. The lowest BCUT2D eigenvalue weighted by molar-refractivity contribution is -0.123. The molecule has 1 saturated carbocycles. The van der Waals surface area contributed by atoms with Crippen LogP contribution >= 0.6 is 0 Å². The van der Waals surface area contributed by atoms with Gasteiger partial charge in [-0.05, 0) is 53.1 Å². The van der Waals surface area contributed by atoms with Gasteiger partial charge in [0, 0.05) is 12.0 Å². The van der Waals surface area contributed by atoms with Gasteiger partial charge in [-0.2, -0.15) is 0 Å². The second kappa shape index (κ2) is 6.95. The summed E-state index contributed by atoms with van der Waals surface area (Å²) in [4.78, 5) is 12.1. The van der Waals surface area contributed by atoms with E-state index < -0.39 is 0 Å². The molecule has 0 saturated heterocycles. The van der Waals surface area contributed by atoms with Gasteiger partial charge in [0.05, 0.1) is 5.69 Å². The van der Waals surface area contributed by atoms with Crippen LogP contribution in [0, 0.1) is 0 Å². The van der Waals surface area contributed by atoms with Gasteiger partial charge in [0.15, 0.2) is 6.61 Å². The first-order valence-corrected chi connectivity index (χ1v) is 8.54. The number of carbonyl (C=O) groups excluding carboxylic acids is 1. The second-order valence-electron chi connectivity index (χ2n) is 6.46. The lowest BCUT2D eigenvalue weighted by atomic mass is 9.96. The second-order valence-corrected chi connectivity index (χ2v) is 6.46. The number of rotatable bonds is 7. The summed E-state index contributed by atoms with van der Waals surface area (Å²) in [7, 11) is 0. The molecule has 1 aliphatic carbocycles. The Kier molecular flexibility index (Phi) is 4.35. The van der Waals surface area contributed by atoms with Crippen molar-refractivity contribution < 1.29 is 9.53 Å². The zero-order valence-electron chi connectivity index (χ0n) is 14.2. The van der Waals surface area contributed by atoms with E-state index >= 15 is 0 Å². The molecule has 4 rings (SSSR count). The largest absolute Gasteiger partial charge is 0.484 e. The molecule has 1 amide bonds. The van der Waals surface area contributed by atoms with Crippen molar-refractivity contribution in [3.63, 3.8) is 0 Å². The molecule has 2 aromatic carbocycles. The third-order valence-electron chi connectivity index (χ3n) is 4.68. The molecule has 7 heteroatoms. The van der Waals surface area contributed by atoms with Crippen LogP contribution in [0.3, 0.4) is 0 Å². The van der Waals surface area contributed by atoms with Gasteiger partial charge in [-0.3, -0.25) is 4.79 Å². The number of benzene rings is 2. The Morgan fingerprint density at radius 1 is 1.12 bits per heavy atom. The van der Waals surface area contributed by atoms with E-state index in [-0.39, 0.29) is 17.9 Å². The lowest BCUT2D eigenvalue weighted by Crippen LogP contribution is -2.35. The fourth-order valence-electron chi connectivity index (χ4n) is 2.95. The zero-order valence-corrected chi connectivity index (χ0v) is 14.2. The highest BCUT2D eigenvalue weighted by atomic mass is 16.5. The van der Waals surface area contributed by atoms with Crippen LogP contribution in [0.15, 0.2) is 60.9 Å². The number of carbonyl (C=O) groups is 1. The lowest BCUT2D eigenvalue weighted by Gasteiger charge is -2.16. The molecule has 1 aromatic heterocycles. The summed E-state index contributed by atoms with van der Waals surface area (Å²) < 4.78 is 7.11. The molecule has 7 nitrogen and oxygen atoms in total. The quantitative estimate of drug-likeness (QED) is 0.704. The molecule has 0 atom stereocenters. The van der Waals surface area contributed by atoms with E-state index in [1.807, 2.05) is 30.3 Å². The van der Waals surface area contributed by atoms with Gasteiger partial charge in [-0.25, -0.2) is 4.68 Å². The van der Waals surface area contributed by atoms with E-state index in [4.69, 9.17) is 4.74 Å². The van der Waals surface area contributed by atoms with E-state index in [0.29, 0.717) is 12.3 Å². The molecule has 0 unspecified atom stereocenters. The van der Waals surface area contributed by atoms with Crippen LogP contribution in [-0.4, -0.2) is 39.3 Å². The molecule has 1 aliphatic rings. The average Bonchev–Trinajstić information content (AvgIpc) is 3.29. The zero-order chi connectivity index (χ0) is 17.8. The standard InChI is InChI=1S/C19H19N5O2/c25-18(20-13-19(10-11-19)15-4-2-1-3-5-15)12-26-17-8-6-16(7-9-17)24-14-21-22-23-24/h1-9,14H,10-13H2,(H,20,25). The smallest absolute Gasteiger partial charge is 0.257 e. The summed E-state index contributed by atoms with van der Waals surface area (Å²) in [5, 5.41) is 14.0. The van der Waals surface area contributed by atoms with Gasteiger partial charge in [0.2, 0.25) is 0 Å². The molecule has 3 aromatic rings. The first-order valence-electron chi connectivity index (χ1n) is 8.54. The maximum absolute atomic E-state index is 12.1. The van der Waals surface area contributed by atoms with Crippen molar-refractivity contribution in [3.05, 3.63) is 66.5 Å². The number of amides is 1. The number of nitrogens with one attached hydrogen (secondary N) is 1. The molecular weight excluding hydrogens is 330 g/mol. The van der Waals surface area contributed by atoms with Gasteiger partial charge >= 0.3 is 0 Å². The monoisotopic (exact) mass is 349 g/mol. The van der Waals surface area contributed by atoms with Crippen molar-refractivity contribution >= 4 is 5.91 Å². The summed E-state index contributed by atoms with van der Waals surface area (Å²) in [6.45, 7) is 0.645. The summed E-state index contributed by atoms with van der Waals surface area (Å²) >= 11 is 0. The van der Waals surface area contributed by atoms with Crippen molar-refractivity contribution in [1.29, 1.82) is 0 Å². The molecule has 1 fully saturated rings. The van der Waals surface area contributed by atoms with E-state index in [0.717, 1.165) is 18.5 Å². The van der Waals surface area contributed by atoms with E-state index in [9.17, 15) is 4.79 Å². The van der Waals surface area contributed by atoms with Crippen LogP contribution in [-0.2, 0) is 10.2 Å². The fraction of sp³-hybridized carbons (Fsp3) is 0.263. The third-order valence-corrected chi connectivity index (χ3v) is 4.68. The van der Waals surface area contributed by atoms with Crippen molar-refractivity contribution in [3.8, 4) is 11.4 Å². The summed E-state index contributed by atoms with van der Waals surface area (Å²) in [5.41, 5.74) is 2.22. The predicted molar refractivity (Wildman–Crippen MR) is 95.0 cm³/mol. The molecule has 0 aliphatic heterocycles. The van der Waals surface area contributed by atoms with Gasteiger partial charge in [0.1, 0.15) is 12.1 Å². The Balaban J connectivity index is 1.27. The van der Waals surface area contributed by atoms with Crippen molar-refractivity contribution in [2.45, 2.75) is 18.3 Å². The Hall–Kier alpha value is -3.22. The van der Waals surface area contributed by atoms with Gasteiger partial charge in [-0.1, -0.05) is 30.3 Å². The minimum Gasteiger partial charge on any atom is -0.484 e.